The standard InChI is InChI=1S/C21H25NO4S/c1-16-5-3-4-6-21(16)26-15-18-11-13-22(14-12-18)27(24,25)20-9-7-19(8-10-20)17(2)23/h3-10,18H,11-15H2,1-2H3. The first-order valence-corrected chi connectivity index (χ1v) is 10.6. The van der Waals surface area contributed by atoms with Gasteiger partial charge in [-0.2, -0.15) is 4.31 Å². The number of carbonyl (C=O) groups excluding carboxylic acids is 1. The molecule has 1 aliphatic heterocycles. The van der Waals surface area contributed by atoms with Gasteiger partial charge in [0.2, 0.25) is 10.0 Å². The molecule has 0 spiro atoms. The van der Waals surface area contributed by atoms with Crippen LogP contribution in [0.25, 0.3) is 0 Å². The quantitative estimate of drug-likeness (QED) is 0.710. The van der Waals surface area contributed by atoms with Gasteiger partial charge in [0.25, 0.3) is 0 Å². The number of rotatable bonds is 6. The highest BCUT2D eigenvalue weighted by atomic mass is 32.2. The summed E-state index contributed by atoms with van der Waals surface area (Å²) in [6.07, 6.45) is 1.55. The molecule has 0 aromatic heterocycles. The second-order valence-corrected chi connectivity index (χ2v) is 8.94. The lowest BCUT2D eigenvalue weighted by molar-refractivity contribution is 0.101. The van der Waals surface area contributed by atoms with Crippen LogP contribution in [0.15, 0.2) is 53.4 Å². The van der Waals surface area contributed by atoms with E-state index in [9.17, 15) is 13.2 Å². The van der Waals surface area contributed by atoms with Gasteiger partial charge in [0.15, 0.2) is 5.78 Å². The van der Waals surface area contributed by atoms with Gasteiger partial charge >= 0.3 is 0 Å². The lowest BCUT2D eigenvalue weighted by Crippen LogP contribution is -2.39. The maximum atomic E-state index is 12.8. The molecule has 1 heterocycles. The Hall–Kier alpha value is -2.18. The highest BCUT2D eigenvalue weighted by molar-refractivity contribution is 7.89. The van der Waals surface area contributed by atoms with E-state index in [4.69, 9.17) is 4.74 Å². The summed E-state index contributed by atoms with van der Waals surface area (Å²) in [6, 6.07) is 14.1. The third-order valence-corrected chi connectivity index (χ3v) is 6.95. The second-order valence-electron chi connectivity index (χ2n) is 7.00. The summed E-state index contributed by atoms with van der Waals surface area (Å²) < 4.78 is 33.1. The Labute approximate surface area is 161 Å². The van der Waals surface area contributed by atoms with Crippen molar-refractivity contribution < 1.29 is 17.9 Å². The highest BCUT2D eigenvalue weighted by Crippen LogP contribution is 2.25. The van der Waals surface area contributed by atoms with Gasteiger partial charge in [0.05, 0.1) is 11.5 Å². The van der Waals surface area contributed by atoms with Crippen LogP contribution in [0.4, 0.5) is 0 Å². The third-order valence-electron chi connectivity index (χ3n) is 5.04. The van der Waals surface area contributed by atoms with Gasteiger partial charge in [-0.15, -0.1) is 0 Å². The van der Waals surface area contributed by atoms with Crippen LogP contribution >= 0.6 is 0 Å². The van der Waals surface area contributed by atoms with Crippen molar-refractivity contribution in [2.45, 2.75) is 31.6 Å². The lowest BCUT2D eigenvalue weighted by Gasteiger charge is -2.31. The Bertz CT molecular complexity index is 898. The molecule has 27 heavy (non-hydrogen) atoms. The molecule has 1 fully saturated rings. The van der Waals surface area contributed by atoms with Gasteiger partial charge in [-0.3, -0.25) is 4.79 Å². The van der Waals surface area contributed by atoms with E-state index in [1.54, 1.807) is 12.1 Å². The number of nitrogens with zero attached hydrogens (tertiary/aromatic N) is 1. The Morgan fingerprint density at radius 3 is 2.30 bits per heavy atom. The number of ketones is 1. The molecule has 0 amide bonds. The van der Waals surface area contributed by atoms with Crippen molar-refractivity contribution in [3.8, 4) is 5.75 Å². The minimum atomic E-state index is -3.52. The Kier molecular flexibility index (Phi) is 5.97. The average molecular weight is 388 g/mol. The van der Waals surface area contributed by atoms with Crippen molar-refractivity contribution in [2.75, 3.05) is 19.7 Å². The van der Waals surface area contributed by atoms with Crippen molar-refractivity contribution in [3.05, 3.63) is 59.7 Å². The maximum Gasteiger partial charge on any atom is 0.243 e. The SMILES string of the molecule is CC(=O)c1ccc(S(=O)(=O)N2CCC(COc3ccccc3C)CC2)cc1. The largest absolute Gasteiger partial charge is 0.493 e. The Balaban J connectivity index is 1.57. The average Bonchev–Trinajstić information content (AvgIpc) is 2.68. The minimum Gasteiger partial charge on any atom is -0.493 e. The topological polar surface area (TPSA) is 63.7 Å². The molecule has 5 nitrogen and oxygen atoms in total. The molecule has 0 bridgehead atoms. The number of Topliss-reactive ketones (excluding diaryl/α,β-unsaturated/α-hetero) is 1. The smallest absolute Gasteiger partial charge is 0.243 e. The number of hydrogen-bond acceptors (Lipinski definition) is 4. The van der Waals surface area contributed by atoms with Crippen LogP contribution in [0, 0.1) is 12.8 Å². The van der Waals surface area contributed by atoms with Crippen molar-refractivity contribution in [1.29, 1.82) is 0 Å². The van der Waals surface area contributed by atoms with Gasteiger partial charge in [0.1, 0.15) is 5.75 Å². The van der Waals surface area contributed by atoms with Crippen LogP contribution in [0.2, 0.25) is 0 Å². The number of benzene rings is 2. The lowest BCUT2D eigenvalue weighted by atomic mass is 9.99. The molecular weight excluding hydrogens is 362 g/mol. The second kappa shape index (κ2) is 8.23. The first-order chi connectivity index (χ1) is 12.9. The molecule has 0 atom stereocenters. The van der Waals surface area contributed by atoms with Crippen molar-refractivity contribution in [1.82, 2.24) is 4.31 Å². The van der Waals surface area contributed by atoms with Gasteiger partial charge in [-0.05, 0) is 56.4 Å². The molecule has 0 unspecified atom stereocenters. The number of hydrogen-bond donors (Lipinski definition) is 0. The molecule has 144 valence electrons. The van der Waals surface area contributed by atoms with Crippen LogP contribution in [0.3, 0.4) is 0 Å². The molecule has 0 N–H and O–H groups in total. The number of sulfonamides is 1. The van der Waals surface area contributed by atoms with Crippen molar-refractivity contribution >= 4 is 15.8 Å². The fourth-order valence-corrected chi connectivity index (χ4v) is 4.72. The maximum absolute atomic E-state index is 12.8. The summed E-state index contributed by atoms with van der Waals surface area (Å²) in [5.74, 6) is 1.16. The summed E-state index contributed by atoms with van der Waals surface area (Å²) in [6.45, 7) is 5.05. The normalized spacial score (nSPS) is 16.2. The van der Waals surface area contributed by atoms with Crippen LogP contribution in [-0.2, 0) is 10.0 Å². The number of carbonyl (C=O) groups is 1. The molecule has 1 saturated heterocycles. The van der Waals surface area contributed by atoms with Crippen LogP contribution in [0.1, 0.15) is 35.7 Å². The fourth-order valence-electron chi connectivity index (χ4n) is 3.25. The third kappa shape index (κ3) is 4.57. The first-order valence-electron chi connectivity index (χ1n) is 9.17. The van der Waals surface area contributed by atoms with Crippen LogP contribution in [0.5, 0.6) is 5.75 Å². The van der Waals surface area contributed by atoms with Gasteiger partial charge in [-0.1, -0.05) is 30.3 Å². The summed E-state index contributed by atoms with van der Waals surface area (Å²) in [5, 5.41) is 0. The van der Waals surface area contributed by atoms with Crippen molar-refractivity contribution in [2.24, 2.45) is 5.92 Å². The van der Waals surface area contributed by atoms with Crippen molar-refractivity contribution in [3.63, 3.8) is 0 Å². The van der Waals surface area contributed by atoms with E-state index in [0.717, 1.165) is 24.2 Å². The van der Waals surface area contributed by atoms with Gasteiger partial charge < -0.3 is 4.74 Å². The van der Waals surface area contributed by atoms with E-state index in [0.29, 0.717) is 31.2 Å². The number of ether oxygens (including phenoxy) is 1. The van der Waals surface area contributed by atoms with Crippen LogP contribution in [-0.4, -0.2) is 38.2 Å². The highest BCUT2D eigenvalue weighted by Gasteiger charge is 2.29. The summed E-state index contributed by atoms with van der Waals surface area (Å²) in [5.41, 5.74) is 1.62. The summed E-state index contributed by atoms with van der Waals surface area (Å²) in [4.78, 5) is 11.6. The molecular formula is C21H25NO4S. The van der Waals surface area contributed by atoms with E-state index < -0.39 is 10.0 Å². The molecule has 6 heteroatoms. The van der Waals surface area contributed by atoms with Gasteiger partial charge in [-0.25, -0.2) is 8.42 Å². The summed E-state index contributed by atoms with van der Waals surface area (Å²) >= 11 is 0. The monoisotopic (exact) mass is 387 g/mol. The zero-order valence-electron chi connectivity index (χ0n) is 15.7. The van der Waals surface area contributed by atoms with E-state index in [-0.39, 0.29) is 10.7 Å². The Morgan fingerprint density at radius 2 is 1.70 bits per heavy atom. The predicted octanol–water partition coefficient (Wildman–Crippen LogP) is 3.68. The molecule has 1 aliphatic rings. The zero-order valence-corrected chi connectivity index (χ0v) is 16.5. The molecule has 2 aromatic rings. The van der Waals surface area contributed by atoms with Crippen LogP contribution < -0.4 is 4.74 Å². The molecule has 2 aromatic carbocycles. The molecule has 3 rings (SSSR count). The van der Waals surface area contributed by atoms with E-state index in [2.05, 4.69) is 0 Å². The van der Waals surface area contributed by atoms with Gasteiger partial charge in [0, 0.05) is 18.7 Å². The van der Waals surface area contributed by atoms with E-state index in [1.807, 2.05) is 31.2 Å². The predicted molar refractivity (Wildman–Crippen MR) is 105 cm³/mol. The number of aryl methyl sites for hydroxylation is 1. The van der Waals surface area contributed by atoms with E-state index >= 15 is 0 Å². The Morgan fingerprint density at radius 1 is 1.07 bits per heavy atom. The minimum absolute atomic E-state index is 0.0755. The molecule has 0 radical (unpaired) electrons. The summed E-state index contributed by atoms with van der Waals surface area (Å²) in [7, 11) is -3.52. The zero-order chi connectivity index (χ0) is 19.4. The molecule has 0 aliphatic carbocycles. The number of piperidine rings is 1. The molecule has 0 saturated carbocycles. The van der Waals surface area contributed by atoms with E-state index in [1.165, 1.54) is 23.4 Å². The number of para-hydroxylation sites is 1. The first kappa shape index (κ1) is 19.6. The fraction of sp³-hybridized carbons (Fsp3) is 0.381.